The van der Waals surface area contributed by atoms with Gasteiger partial charge in [-0.15, -0.1) is 0 Å². The summed E-state index contributed by atoms with van der Waals surface area (Å²) >= 11 is 3.18. The molecule has 0 radical (unpaired) electrons. The molecule has 0 atom stereocenters. The van der Waals surface area contributed by atoms with Gasteiger partial charge in [0.15, 0.2) is 5.78 Å². The minimum Gasteiger partial charge on any atom is -0.292 e. The fourth-order valence-electron chi connectivity index (χ4n) is 1.67. The predicted octanol–water partition coefficient (Wildman–Crippen LogP) is 4.43. The van der Waals surface area contributed by atoms with Crippen molar-refractivity contribution in [3.8, 4) is 0 Å². The number of pyridine rings is 1. The van der Waals surface area contributed by atoms with Gasteiger partial charge in [0.25, 0.3) is 0 Å². The lowest BCUT2D eigenvalue weighted by molar-refractivity contribution is -0.137. The fourth-order valence-corrected chi connectivity index (χ4v) is 2.06. The monoisotopic (exact) mass is 361 g/mol. The molecule has 0 bridgehead atoms. The highest BCUT2D eigenvalue weighted by Crippen LogP contribution is 2.28. The number of carbonyl (C=O) groups excluding carboxylic acids is 1. The van der Waals surface area contributed by atoms with Crippen LogP contribution in [0.25, 0.3) is 0 Å². The first-order valence-electron chi connectivity index (χ1n) is 5.78. The first kappa shape index (κ1) is 15.6. The second kappa shape index (κ2) is 5.93. The molecule has 2 aromatic rings. The maximum Gasteiger partial charge on any atom is 0.417 e. The molecule has 0 aliphatic heterocycles. The molecule has 0 spiro atoms. The largest absolute Gasteiger partial charge is 0.417 e. The average Bonchev–Trinajstić information content (AvgIpc) is 2.42. The molecule has 0 aliphatic rings. The minimum absolute atomic E-state index is 0.0980. The molecule has 1 heterocycles. The van der Waals surface area contributed by atoms with Gasteiger partial charge in [-0.25, -0.2) is 4.39 Å². The van der Waals surface area contributed by atoms with E-state index in [1.54, 1.807) is 0 Å². The summed E-state index contributed by atoms with van der Waals surface area (Å²) in [6.07, 6.45) is -4.05. The van der Waals surface area contributed by atoms with Crippen LogP contribution in [0.15, 0.2) is 41.0 Å². The molecule has 110 valence electrons. The molecule has 1 aromatic carbocycles. The number of rotatable bonds is 3. The highest BCUT2D eigenvalue weighted by molar-refractivity contribution is 9.10. The Morgan fingerprint density at radius 3 is 2.48 bits per heavy atom. The summed E-state index contributed by atoms with van der Waals surface area (Å²) in [5.41, 5.74) is -0.619. The molecule has 0 unspecified atom stereocenters. The molecule has 0 N–H and O–H groups in total. The Morgan fingerprint density at radius 2 is 1.90 bits per heavy atom. The van der Waals surface area contributed by atoms with Crippen molar-refractivity contribution in [3.63, 3.8) is 0 Å². The molecule has 2 nitrogen and oxygen atoms in total. The Balaban J connectivity index is 2.19. The Labute approximate surface area is 125 Å². The van der Waals surface area contributed by atoms with Crippen LogP contribution in [0, 0.1) is 5.82 Å². The highest BCUT2D eigenvalue weighted by atomic mass is 79.9. The molecule has 21 heavy (non-hydrogen) atoms. The van der Waals surface area contributed by atoms with Crippen molar-refractivity contribution in [1.82, 2.24) is 4.98 Å². The maximum atomic E-state index is 13.1. The number of ketones is 1. The summed E-state index contributed by atoms with van der Waals surface area (Å²) < 4.78 is 50.8. The Hall–Kier alpha value is -1.76. The van der Waals surface area contributed by atoms with Crippen molar-refractivity contribution in [2.75, 3.05) is 0 Å². The lowest BCUT2D eigenvalue weighted by Gasteiger charge is -2.07. The zero-order valence-corrected chi connectivity index (χ0v) is 12.0. The first-order valence-corrected chi connectivity index (χ1v) is 6.57. The number of hydrogen-bond acceptors (Lipinski definition) is 2. The third kappa shape index (κ3) is 3.87. The smallest absolute Gasteiger partial charge is 0.292 e. The van der Waals surface area contributed by atoms with Crippen molar-refractivity contribution >= 4 is 21.7 Å². The molecule has 0 amide bonds. The normalized spacial score (nSPS) is 11.5. The van der Waals surface area contributed by atoms with E-state index < -0.39 is 23.3 Å². The van der Waals surface area contributed by atoms with E-state index >= 15 is 0 Å². The molecule has 0 saturated carbocycles. The molecular weight excluding hydrogens is 354 g/mol. The van der Waals surface area contributed by atoms with Crippen molar-refractivity contribution in [3.05, 3.63) is 63.6 Å². The van der Waals surface area contributed by atoms with E-state index in [1.165, 1.54) is 18.2 Å². The number of carbonyl (C=O) groups is 1. The predicted molar refractivity (Wildman–Crippen MR) is 71.4 cm³/mol. The molecular formula is C14H8BrF4NO. The van der Waals surface area contributed by atoms with Gasteiger partial charge in [-0.3, -0.25) is 9.78 Å². The van der Waals surface area contributed by atoms with E-state index in [-0.39, 0.29) is 12.1 Å². The first-order chi connectivity index (χ1) is 9.77. The minimum atomic E-state index is -4.50. The SMILES string of the molecule is O=C(Cc1cc(F)ccc1Br)c1ccc(C(F)(F)F)cn1. The standard InChI is InChI=1S/C14H8BrF4NO/c15-11-3-2-10(16)5-8(11)6-13(21)12-4-1-9(7-20-12)14(17,18)19/h1-5,7H,6H2. The summed E-state index contributed by atoms with van der Waals surface area (Å²) in [6, 6.07) is 5.68. The second-order valence-electron chi connectivity index (χ2n) is 4.27. The Morgan fingerprint density at radius 1 is 1.19 bits per heavy atom. The Kier molecular flexibility index (Phi) is 4.41. The zero-order chi connectivity index (χ0) is 15.6. The van der Waals surface area contributed by atoms with Crippen LogP contribution in [0.4, 0.5) is 17.6 Å². The summed E-state index contributed by atoms with van der Waals surface area (Å²) in [4.78, 5) is 15.5. The zero-order valence-electron chi connectivity index (χ0n) is 10.4. The molecule has 7 heteroatoms. The van der Waals surface area contributed by atoms with Crippen LogP contribution in [-0.4, -0.2) is 10.8 Å². The van der Waals surface area contributed by atoms with Crippen molar-refractivity contribution in [2.45, 2.75) is 12.6 Å². The van der Waals surface area contributed by atoms with Gasteiger partial charge in [-0.1, -0.05) is 15.9 Å². The molecule has 2 rings (SSSR count). The number of alkyl halides is 3. The summed E-state index contributed by atoms with van der Waals surface area (Å²) in [5, 5.41) is 0. The average molecular weight is 362 g/mol. The van der Waals surface area contributed by atoms with Crippen LogP contribution in [0.5, 0.6) is 0 Å². The van der Waals surface area contributed by atoms with Gasteiger partial charge in [-0.2, -0.15) is 13.2 Å². The number of benzene rings is 1. The van der Waals surface area contributed by atoms with Crippen LogP contribution < -0.4 is 0 Å². The lowest BCUT2D eigenvalue weighted by atomic mass is 10.1. The summed E-state index contributed by atoms with van der Waals surface area (Å²) in [7, 11) is 0. The van der Waals surface area contributed by atoms with E-state index in [0.717, 1.165) is 12.1 Å². The maximum absolute atomic E-state index is 13.1. The number of hydrogen-bond donors (Lipinski definition) is 0. The van der Waals surface area contributed by atoms with Gasteiger partial charge in [0.1, 0.15) is 11.5 Å². The van der Waals surface area contributed by atoms with Gasteiger partial charge in [0, 0.05) is 17.1 Å². The Bertz CT molecular complexity index is 668. The van der Waals surface area contributed by atoms with E-state index in [9.17, 15) is 22.4 Å². The molecule has 0 fully saturated rings. The number of halogens is 5. The van der Waals surface area contributed by atoms with Crippen LogP contribution in [-0.2, 0) is 12.6 Å². The van der Waals surface area contributed by atoms with E-state index in [1.807, 2.05) is 0 Å². The molecule has 1 aromatic heterocycles. The van der Waals surface area contributed by atoms with E-state index in [2.05, 4.69) is 20.9 Å². The number of aromatic nitrogens is 1. The van der Waals surface area contributed by atoms with Crippen molar-refractivity contribution in [1.29, 1.82) is 0 Å². The highest BCUT2D eigenvalue weighted by Gasteiger charge is 2.30. The quantitative estimate of drug-likeness (QED) is 0.598. The van der Waals surface area contributed by atoms with Gasteiger partial charge < -0.3 is 0 Å². The van der Waals surface area contributed by atoms with Crippen LogP contribution in [0.3, 0.4) is 0 Å². The second-order valence-corrected chi connectivity index (χ2v) is 5.12. The van der Waals surface area contributed by atoms with Gasteiger partial charge in [0.2, 0.25) is 0 Å². The van der Waals surface area contributed by atoms with Crippen LogP contribution >= 0.6 is 15.9 Å². The molecule has 0 aliphatic carbocycles. The van der Waals surface area contributed by atoms with Gasteiger partial charge in [0.05, 0.1) is 5.56 Å². The number of Topliss-reactive ketones (excluding diaryl/α,β-unsaturated/α-hetero) is 1. The topological polar surface area (TPSA) is 30.0 Å². The molecule has 0 saturated heterocycles. The van der Waals surface area contributed by atoms with Crippen molar-refractivity contribution < 1.29 is 22.4 Å². The number of nitrogens with zero attached hydrogens (tertiary/aromatic N) is 1. The van der Waals surface area contributed by atoms with Gasteiger partial charge >= 0.3 is 6.18 Å². The van der Waals surface area contributed by atoms with E-state index in [4.69, 9.17) is 0 Å². The van der Waals surface area contributed by atoms with Crippen molar-refractivity contribution in [2.24, 2.45) is 0 Å². The van der Waals surface area contributed by atoms with Crippen LogP contribution in [0.1, 0.15) is 21.6 Å². The lowest BCUT2D eigenvalue weighted by Crippen LogP contribution is -2.10. The third-order valence-electron chi connectivity index (χ3n) is 2.74. The van der Waals surface area contributed by atoms with Gasteiger partial charge in [-0.05, 0) is 35.9 Å². The summed E-state index contributed by atoms with van der Waals surface area (Å²) in [5.74, 6) is -0.989. The van der Waals surface area contributed by atoms with Crippen LogP contribution in [0.2, 0.25) is 0 Å². The third-order valence-corrected chi connectivity index (χ3v) is 3.51. The van der Waals surface area contributed by atoms with E-state index in [0.29, 0.717) is 16.2 Å². The fraction of sp³-hybridized carbons (Fsp3) is 0.143. The summed E-state index contributed by atoms with van der Waals surface area (Å²) in [6.45, 7) is 0.